The zero-order valence-electron chi connectivity index (χ0n) is 12.5. The molecule has 0 spiro atoms. The van der Waals surface area contributed by atoms with Crippen molar-refractivity contribution in [1.82, 2.24) is 4.72 Å². The molecule has 1 aromatic carbocycles. The summed E-state index contributed by atoms with van der Waals surface area (Å²) in [5.41, 5.74) is 6.22. The summed E-state index contributed by atoms with van der Waals surface area (Å²) in [5, 5.41) is 8.93. The minimum Gasteiger partial charge on any atom is -0.398 e. The largest absolute Gasteiger partial charge is 0.398 e. The second kappa shape index (κ2) is 8.03. The number of nitrogens with one attached hydrogen (secondary N) is 1. The third-order valence-electron chi connectivity index (χ3n) is 3.09. The molecule has 0 aliphatic rings. The summed E-state index contributed by atoms with van der Waals surface area (Å²) in [7, 11) is -3.31. The molecule has 0 aliphatic carbocycles. The van der Waals surface area contributed by atoms with Gasteiger partial charge in [0.15, 0.2) is 0 Å². The summed E-state index contributed by atoms with van der Waals surface area (Å²) in [6.07, 6.45) is 0.560. The molecule has 0 aromatic heterocycles. The van der Waals surface area contributed by atoms with E-state index in [0.717, 1.165) is 4.90 Å². The predicted molar refractivity (Wildman–Crippen MR) is 88.9 cm³/mol. The third kappa shape index (κ3) is 7.17. The molecule has 0 fully saturated rings. The van der Waals surface area contributed by atoms with Crippen LogP contribution in [0.5, 0.6) is 0 Å². The Morgan fingerprint density at radius 1 is 1.33 bits per heavy atom. The van der Waals surface area contributed by atoms with Crippen LogP contribution in [0, 0.1) is 5.41 Å². The van der Waals surface area contributed by atoms with E-state index in [1.54, 1.807) is 6.07 Å². The summed E-state index contributed by atoms with van der Waals surface area (Å²) in [5.74, 6) is 0.491. The van der Waals surface area contributed by atoms with E-state index in [9.17, 15) is 8.42 Å². The highest BCUT2D eigenvalue weighted by atomic mass is 32.2. The Labute approximate surface area is 131 Å². The van der Waals surface area contributed by atoms with Crippen molar-refractivity contribution in [3.63, 3.8) is 0 Å². The number of hydrogen-bond acceptors (Lipinski definition) is 5. The lowest BCUT2D eigenvalue weighted by Crippen LogP contribution is -2.36. The van der Waals surface area contributed by atoms with Crippen molar-refractivity contribution >= 4 is 27.5 Å². The lowest BCUT2D eigenvalue weighted by Gasteiger charge is -2.23. The van der Waals surface area contributed by atoms with E-state index in [4.69, 9.17) is 10.8 Å². The number of aliphatic hydroxyl groups excluding tert-OH is 1. The number of thioether (sulfide) groups is 1. The minimum absolute atomic E-state index is 0.0429. The van der Waals surface area contributed by atoms with Gasteiger partial charge in [-0.15, -0.1) is 11.8 Å². The normalized spacial score (nSPS) is 12.5. The highest BCUT2D eigenvalue weighted by Gasteiger charge is 2.20. The predicted octanol–water partition coefficient (Wildman–Crippen LogP) is 1.69. The average Bonchev–Trinajstić information content (AvgIpc) is 2.39. The van der Waals surface area contributed by atoms with Gasteiger partial charge < -0.3 is 10.8 Å². The molecule has 0 aliphatic heterocycles. The van der Waals surface area contributed by atoms with Gasteiger partial charge >= 0.3 is 0 Å². The van der Waals surface area contributed by atoms with Gasteiger partial charge in [0.1, 0.15) is 0 Å². The first kappa shape index (κ1) is 18.3. The molecule has 0 saturated heterocycles. The van der Waals surface area contributed by atoms with Gasteiger partial charge in [0.2, 0.25) is 10.0 Å². The quantitative estimate of drug-likeness (QED) is 0.473. The molecule has 0 heterocycles. The van der Waals surface area contributed by atoms with Gasteiger partial charge in [-0.25, -0.2) is 13.1 Å². The van der Waals surface area contributed by atoms with E-state index >= 15 is 0 Å². The van der Waals surface area contributed by atoms with Crippen LogP contribution < -0.4 is 10.5 Å². The molecule has 0 amide bonds. The number of rotatable bonds is 9. The Morgan fingerprint density at radius 3 is 2.62 bits per heavy atom. The van der Waals surface area contributed by atoms with Gasteiger partial charge in [-0.05, 0) is 24.0 Å². The summed E-state index contributed by atoms with van der Waals surface area (Å²) in [6.45, 7) is 4.22. The average molecular weight is 332 g/mol. The molecule has 7 heteroatoms. The Kier molecular flexibility index (Phi) is 6.99. The Bertz CT molecular complexity index is 545. The lowest BCUT2D eigenvalue weighted by atomic mass is 9.90. The topological polar surface area (TPSA) is 92.4 Å². The van der Waals surface area contributed by atoms with Crippen LogP contribution in [-0.2, 0) is 10.0 Å². The van der Waals surface area contributed by atoms with Crippen LogP contribution in [0.15, 0.2) is 29.2 Å². The van der Waals surface area contributed by atoms with Gasteiger partial charge in [0.05, 0.1) is 5.75 Å². The zero-order valence-corrected chi connectivity index (χ0v) is 14.1. The van der Waals surface area contributed by atoms with E-state index in [2.05, 4.69) is 4.72 Å². The third-order valence-corrected chi connectivity index (χ3v) is 5.76. The smallest absolute Gasteiger partial charge is 0.212 e. The molecule has 0 bridgehead atoms. The summed E-state index contributed by atoms with van der Waals surface area (Å²) in [6, 6.07) is 7.40. The number of hydrogen-bond donors (Lipinski definition) is 3. The Balaban J connectivity index is 2.42. The highest BCUT2D eigenvalue weighted by Crippen LogP contribution is 2.24. The number of para-hydroxylation sites is 1. The van der Waals surface area contributed by atoms with Crippen LogP contribution in [0.25, 0.3) is 0 Å². The van der Waals surface area contributed by atoms with Gasteiger partial charge in [-0.1, -0.05) is 26.0 Å². The minimum atomic E-state index is -3.31. The summed E-state index contributed by atoms with van der Waals surface area (Å²) >= 11 is 1.43. The standard InChI is InChI=1S/C14H24N2O3S2/c1-14(2,7-8-17)11-16-21(18,19)10-9-20-13-6-4-3-5-12(13)15/h3-6,16-17H,7-11,15H2,1-2H3. The first-order valence-electron chi connectivity index (χ1n) is 6.81. The van der Waals surface area contributed by atoms with Gasteiger partial charge in [-0.3, -0.25) is 0 Å². The fourth-order valence-electron chi connectivity index (χ4n) is 1.64. The van der Waals surface area contributed by atoms with E-state index in [0.29, 0.717) is 24.4 Å². The van der Waals surface area contributed by atoms with E-state index in [-0.39, 0.29) is 17.8 Å². The van der Waals surface area contributed by atoms with E-state index in [1.165, 1.54) is 11.8 Å². The van der Waals surface area contributed by atoms with Crippen LogP contribution in [-0.4, -0.2) is 38.2 Å². The molecule has 1 rings (SSSR count). The maximum absolute atomic E-state index is 11.9. The molecule has 120 valence electrons. The van der Waals surface area contributed by atoms with Crippen LogP contribution in [0.2, 0.25) is 0 Å². The van der Waals surface area contributed by atoms with Crippen molar-refractivity contribution in [2.75, 3.05) is 30.4 Å². The van der Waals surface area contributed by atoms with Crippen molar-refractivity contribution in [2.24, 2.45) is 5.41 Å². The molecule has 1 aromatic rings. The van der Waals surface area contributed by atoms with Gasteiger partial charge in [-0.2, -0.15) is 0 Å². The molecule has 0 saturated carbocycles. The van der Waals surface area contributed by atoms with Crippen molar-refractivity contribution in [3.05, 3.63) is 24.3 Å². The maximum Gasteiger partial charge on any atom is 0.212 e. The van der Waals surface area contributed by atoms with Gasteiger partial charge in [0, 0.05) is 29.5 Å². The highest BCUT2D eigenvalue weighted by molar-refractivity contribution is 8.00. The molecular formula is C14H24N2O3S2. The fourth-order valence-corrected chi connectivity index (χ4v) is 4.24. The van der Waals surface area contributed by atoms with E-state index in [1.807, 2.05) is 32.0 Å². The van der Waals surface area contributed by atoms with Crippen molar-refractivity contribution in [1.29, 1.82) is 0 Å². The number of sulfonamides is 1. The Morgan fingerprint density at radius 2 is 2.00 bits per heavy atom. The van der Waals surface area contributed by atoms with Crippen molar-refractivity contribution in [3.8, 4) is 0 Å². The number of nitrogen functional groups attached to an aromatic ring is 1. The van der Waals surface area contributed by atoms with Gasteiger partial charge in [0.25, 0.3) is 0 Å². The first-order chi connectivity index (χ1) is 9.76. The summed E-state index contributed by atoms with van der Waals surface area (Å²) < 4.78 is 26.5. The van der Waals surface area contributed by atoms with Crippen LogP contribution in [0.1, 0.15) is 20.3 Å². The van der Waals surface area contributed by atoms with Crippen LogP contribution in [0.3, 0.4) is 0 Å². The fraction of sp³-hybridized carbons (Fsp3) is 0.571. The number of nitrogens with two attached hydrogens (primary N) is 1. The second-order valence-corrected chi connectivity index (χ2v) is 8.73. The van der Waals surface area contributed by atoms with Crippen LogP contribution in [0.4, 0.5) is 5.69 Å². The van der Waals surface area contributed by atoms with E-state index < -0.39 is 10.0 Å². The van der Waals surface area contributed by atoms with Crippen molar-refractivity contribution in [2.45, 2.75) is 25.2 Å². The molecule has 0 atom stereocenters. The van der Waals surface area contributed by atoms with Crippen molar-refractivity contribution < 1.29 is 13.5 Å². The van der Waals surface area contributed by atoms with Crippen LogP contribution >= 0.6 is 11.8 Å². The molecular weight excluding hydrogens is 308 g/mol. The monoisotopic (exact) mass is 332 g/mol. The SMILES string of the molecule is CC(C)(CCO)CNS(=O)(=O)CCSc1ccccc1N. The maximum atomic E-state index is 11.9. The molecule has 0 unspecified atom stereocenters. The Hall–Kier alpha value is -0.760. The lowest BCUT2D eigenvalue weighted by molar-refractivity contribution is 0.213. The number of benzene rings is 1. The molecule has 0 radical (unpaired) electrons. The molecule has 5 nitrogen and oxygen atoms in total. The molecule has 21 heavy (non-hydrogen) atoms. The first-order valence-corrected chi connectivity index (χ1v) is 9.45. The second-order valence-electron chi connectivity index (χ2n) is 5.66. The molecule has 4 N–H and O–H groups in total. The number of aliphatic hydroxyl groups is 1. The number of anilines is 1. The summed E-state index contributed by atoms with van der Waals surface area (Å²) in [4.78, 5) is 0.897. The zero-order chi connectivity index (χ0) is 15.9.